The van der Waals surface area contributed by atoms with Gasteiger partial charge in [-0.25, -0.2) is 0 Å². The van der Waals surface area contributed by atoms with Crippen LogP contribution in [0.2, 0.25) is 0 Å². The summed E-state index contributed by atoms with van der Waals surface area (Å²) in [6, 6.07) is 9.52. The summed E-state index contributed by atoms with van der Waals surface area (Å²) in [5, 5.41) is 0. The van der Waals surface area contributed by atoms with Gasteiger partial charge in [-0.15, -0.1) is 0 Å². The summed E-state index contributed by atoms with van der Waals surface area (Å²) in [5.74, 6) is 2.75. The number of likely N-dealkylation sites (tertiary alicyclic amines) is 2. The summed E-state index contributed by atoms with van der Waals surface area (Å²) in [5.41, 5.74) is 1.42. The van der Waals surface area contributed by atoms with Gasteiger partial charge in [0.1, 0.15) is 5.75 Å². The molecule has 2 heterocycles. The number of rotatable bonds is 4. The maximum atomic E-state index is 5.28. The van der Waals surface area contributed by atoms with E-state index in [0.717, 1.165) is 30.2 Å². The molecule has 0 N–H and O–H groups in total. The maximum absolute atomic E-state index is 5.28. The van der Waals surface area contributed by atoms with Gasteiger partial charge in [-0.1, -0.05) is 25.0 Å². The van der Waals surface area contributed by atoms with Crippen molar-refractivity contribution in [1.29, 1.82) is 0 Å². The van der Waals surface area contributed by atoms with Crippen LogP contribution in [0, 0.1) is 11.8 Å². The normalized spacial score (nSPS) is 31.8. The lowest BCUT2D eigenvalue weighted by Gasteiger charge is -2.52. The van der Waals surface area contributed by atoms with Crippen LogP contribution < -0.4 is 4.74 Å². The lowest BCUT2D eigenvalue weighted by atomic mass is 9.72. The number of benzene rings is 1. The molecule has 2 aliphatic heterocycles. The Kier molecular flexibility index (Phi) is 5.09. The molecule has 132 valence electrons. The SMILES string of the molecule is COc1ccc(CN2C[C@H]3CCC[C@H](C2)C3N2CCCCC2)cc1. The van der Waals surface area contributed by atoms with Crippen molar-refractivity contribution in [1.82, 2.24) is 9.80 Å². The fourth-order valence-corrected chi connectivity index (χ4v) is 5.44. The maximum Gasteiger partial charge on any atom is 0.118 e. The molecule has 4 rings (SSSR count). The Hall–Kier alpha value is -1.06. The van der Waals surface area contributed by atoms with E-state index in [1.165, 1.54) is 70.3 Å². The van der Waals surface area contributed by atoms with Crippen LogP contribution in [-0.2, 0) is 6.54 Å². The monoisotopic (exact) mass is 328 g/mol. The molecule has 2 atom stereocenters. The number of fused-ring (bicyclic) bond motifs is 2. The van der Waals surface area contributed by atoms with Gasteiger partial charge in [0, 0.05) is 25.7 Å². The van der Waals surface area contributed by atoms with Gasteiger partial charge in [0.05, 0.1) is 7.11 Å². The lowest BCUT2D eigenvalue weighted by Crippen LogP contribution is -2.58. The van der Waals surface area contributed by atoms with E-state index in [-0.39, 0.29) is 0 Å². The van der Waals surface area contributed by atoms with Crippen LogP contribution in [0.1, 0.15) is 44.1 Å². The quantitative estimate of drug-likeness (QED) is 0.836. The van der Waals surface area contributed by atoms with Crippen LogP contribution in [0.4, 0.5) is 0 Å². The Morgan fingerprint density at radius 3 is 2.21 bits per heavy atom. The Balaban J connectivity index is 1.41. The predicted molar refractivity (Wildman–Crippen MR) is 98.3 cm³/mol. The zero-order valence-corrected chi connectivity index (χ0v) is 15.1. The topological polar surface area (TPSA) is 15.7 Å². The van der Waals surface area contributed by atoms with Gasteiger partial charge in [-0.2, -0.15) is 0 Å². The molecule has 3 nitrogen and oxygen atoms in total. The molecule has 0 spiro atoms. The predicted octanol–water partition coefficient (Wildman–Crippen LogP) is 3.78. The average molecular weight is 329 g/mol. The number of nitrogens with zero attached hydrogens (tertiary/aromatic N) is 2. The zero-order chi connectivity index (χ0) is 16.4. The van der Waals surface area contributed by atoms with Crippen molar-refractivity contribution < 1.29 is 4.74 Å². The Morgan fingerprint density at radius 2 is 1.58 bits per heavy atom. The van der Waals surface area contributed by atoms with Crippen molar-refractivity contribution >= 4 is 0 Å². The van der Waals surface area contributed by atoms with E-state index in [9.17, 15) is 0 Å². The Bertz CT molecular complexity index is 509. The molecule has 1 aromatic rings. The first-order chi connectivity index (χ1) is 11.8. The van der Waals surface area contributed by atoms with E-state index >= 15 is 0 Å². The van der Waals surface area contributed by atoms with Crippen molar-refractivity contribution in [3.63, 3.8) is 0 Å². The molecule has 1 saturated carbocycles. The molecule has 24 heavy (non-hydrogen) atoms. The third-order valence-corrected chi connectivity index (χ3v) is 6.48. The van der Waals surface area contributed by atoms with Crippen LogP contribution in [0.15, 0.2) is 24.3 Å². The average Bonchev–Trinajstić information content (AvgIpc) is 2.62. The highest BCUT2D eigenvalue weighted by atomic mass is 16.5. The van der Waals surface area contributed by atoms with E-state index in [0.29, 0.717) is 0 Å². The minimum absolute atomic E-state index is 0.881. The van der Waals surface area contributed by atoms with Crippen LogP contribution in [0.5, 0.6) is 5.75 Å². The summed E-state index contributed by atoms with van der Waals surface area (Å²) in [7, 11) is 1.74. The Labute approximate surface area is 147 Å². The molecule has 0 radical (unpaired) electrons. The molecular weight excluding hydrogens is 296 g/mol. The third kappa shape index (κ3) is 3.48. The van der Waals surface area contributed by atoms with Gasteiger partial charge >= 0.3 is 0 Å². The van der Waals surface area contributed by atoms with Crippen LogP contribution in [0.25, 0.3) is 0 Å². The van der Waals surface area contributed by atoms with Crippen LogP contribution in [-0.4, -0.2) is 49.1 Å². The minimum Gasteiger partial charge on any atom is -0.497 e. The highest BCUT2D eigenvalue weighted by Gasteiger charge is 2.42. The Morgan fingerprint density at radius 1 is 0.917 bits per heavy atom. The second-order valence-electron chi connectivity index (χ2n) is 8.08. The van der Waals surface area contributed by atoms with Gasteiger partial charge < -0.3 is 4.74 Å². The van der Waals surface area contributed by atoms with E-state index in [1.54, 1.807) is 7.11 Å². The van der Waals surface area contributed by atoms with Crippen molar-refractivity contribution in [2.24, 2.45) is 11.8 Å². The van der Waals surface area contributed by atoms with Crippen LogP contribution in [0.3, 0.4) is 0 Å². The van der Waals surface area contributed by atoms with Crippen molar-refractivity contribution in [3.8, 4) is 5.75 Å². The molecule has 2 saturated heterocycles. The number of ether oxygens (including phenoxy) is 1. The number of piperidine rings is 2. The molecule has 1 aliphatic carbocycles. The van der Waals surface area contributed by atoms with Crippen molar-refractivity contribution in [2.45, 2.75) is 51.1 Å². The van der Waals surface area contributed by atoms with E-state index < -0.39 is 0 Å². The van der Waals surface area contributed by atoms with Gasteiger partial charge in [0.25, 0.3) is 0 Å². The highest BCUT2D eigenvalue weighted by molar-refractivity contribution is 5.27. The molecule has 3 aliphatic rings. The summed E-state index contributed by atoms with van der Waals surface area (Å²) in [4.78, 5) is 5.58. The largest absolute Gasteiger partial charge is 0.497 e. The standard InChI is InChI=1S/C21H32N2O/c1-24-20-10-8-17(9-11-20)14-22-15-18-6-5-7-19(16-22)21(18)23-12-3-2-4-13-23/h8-11,18-19,21H,2-7,12-16H2,1H3/t18-,19-/m1/s1. The molecule has 1 aromatic carbocycles. The van der Waals surface area contributed by atoms with Gasteiger partial charge in [0.15, 0.2) is 0 Å². The van der Waals surface area contributed by atoms with Crippen LogP contribution >= 0.6 is 0 Å². The van der Waals surface area contributed by atoms with Gasteiger partial charge in [-0.3, -0.25) is 9.80 Å². The third-order valence-electron chi connectivity index (χ3n) is 6.48. The first-order valence-electron chi connectivity index (χ1n) is 9.93. The molecule has 3 heteroatoms. The fraction of sp³-hybridized carbons (Fsp3) is 0.714. The minimum atomic E-state index is 0.881. The second-order valence-corrected chi connectivity index (χ2v) is 8.08. The summed E-state index contributed by atoms with van der Waals surface area (Å²) in [6.07, 6.45) is 8.63. The molecule has 0 aromatic heterocycles. The van der Waals surface area contributed by atoms with E-state index in [2.05, 4.69) is 34.1 Å². The number of hydrogen-bond acceptors (Lipinski definition) is 3. The van der Waals surface area contributed by atoms with E-state index in [4.69, 9.17) is 4.74 Å². The zero-order valence-electron chi connectivity index (χ0n) is 15.1. The summed E-state index contributed by atoms with van der Waals surface area (Å²) >= 11 is 0. The first-order valence-corrected chi connectivity index (χ1v) is 9.93. The molecule has 0 unspecified atom stereocenters. The molecule has 2 bridgehead atoms. The first kappa shape index (κ1) is 16.4. The highest BCUT2D eigenvalue weighted by Crippen LogP contribution is 2.39. The molecular formula is C21H32N2O. The number of hydrogen-bond donors (Lipinski definition) is 0. The second kappa shape index (κ2) is 7.45. The molecule has 3 fully saturated rings. The van der Waals surface area contributed by atoms with Crippen molar-refractivity contribution in [2.75, 3.05) is 33.3 Å². The van der Waals surface area contributed by atoms with Gasteiger partial charge in [-0.05, 0) is 68.3 Å². The fourth-order valence-electron chi connectivity index (χ4n) is 5.44. The summed E-state index contributed by atoms with van der Waals surface area (Å²) < 4.78 is 5.28. The number of methoxy groups -OCH3 is 1. The van der Waals surface area contributed by atoms with Gasteiger partial charge in [0.2, 0.25) is 0 Å². The lowest BCUT2D eigenvalue weighted by molar-refractivity contribution is -0.0290. The smallest absolute Gasteiger partial charge is 0.118 e. The summed E-state index contributed by atoms with van der Waals surface area (Å²) in [6.45, 7) is 6.41. The van der Waals surface area contributed by atoms with E-state index in [1.807, 2.05) is 0 Å². The van der Waals surface area contributed by atoms with Crippen molar-refractivity contribution in [3.05, 3.63) is 29.8 Å². The molecule has 0 amide bonds.